The number of hydrogen-bond acceptors (Lipinski definition) is 5. The van der Waals surface area contributed by atoms with E-state index in [1.54, 1.807) is 0 Å². The highest BCUT2D eigenvalue weighted by Crippen LogP contribution is 2.66. The molecule has 5 nitrogen and oxygen atoms in total. The maximum Gasteiger partial charge on any atom is 0.193 e. The molecule has 10 aromatic rings. The maximum atomic E-state index is 15.9. The second kappa shape index (κ2) is 16.1. The molecule has 0 aromatic heterocycles. The van der Waals surface area contributed by atoms with E-state index in [2.05, 4.69) is 277 Å². The van der Waals surface area contributed by atoms with Crippen LogP contribution in [-0.4, -0.2) is 30.1 Å². The summed E-state index contributed by atoms with van der Waals surface area (Å²) in [5.41, 5.74) is 23.2. The van der Waals surface area contributed by atoms with Crippen LogP contribution in [0.1, 0.15) is 60.4 Å². The molecular weight excluding hydrogens is 977 g/mol. The Bertz CT molecular complexity index is 4340. The molecule has 4 atom stereocenters. The summed E-state index contributed by atoms with van der Waals surface area (Å²) >= 11 is 0. The van der Waals surface area contributed by atoms with E-state index in [0.717, 1.165) is 50.9 Å². The Hall–Kier alpha value is -9.97. The zero-order valence-corrected chi connectivity index (χ0v) is 43.3. The summed E-state index contributed by atoms with van der Waals surface area (Å²) < 4.78 is 13.4. The fourth-order valence-electron chi connectivity index (χ4n) is 15.6. The number of carbonyl (C=O) groups is 1. The lowest BCUT2D eigenvalue weighted by atomic mass is 9.69. The summed E-state index contributed by atoms with van der Waals surface area (Å²) in [7, 11) is 0. The first kappa shape index (κ1) is 44.1. The van der Waals surface area contributed by atoms with Crippen LogP contribution in [0.3, 0.4) is 0 Å². The number of carbonyl (C=O) groups excluding carboxylic acids is 1. The highest BCUT2D eigenvalue weighted by molar-refractivity contribution is 6.11. The van der Waals surface area contributed by atoms with Crippen molar-refractivity contribution in [2.75, 3.05) is 9.80 Å². The van der Waals surface area contributed by atoms with Gasteiger partial charge >= 0.3 is 0 Å². The molecule has 0 bridgehead atoms. The lowest BCUT2D eigenvalue weighted by molar-refractivity contribution is 0.103. The van der Waals surface area contributed by atoms with Gasteiger partial charge in [0.1, 0.15) is 23.7 Å². The second-order valence-corrected chi connectivity index (χ2v) is 22.4. The molecule has 0 fully saturated rings. The number of fused-ring (bicyclic) bond motifs is 24. The van der Waals surface area contributed by atoms with Gasteiger partial charge in [-0.25, -0.2) is 0 Å². The molecule has 2 aliphatic heterocycles. The van der Waals surface area contributed by atoms with Crippen LogP contribution < -0.4 is 19.3 Å². The van der Waals surface area contributed by atoms with E-state index in [0.29, 0.717) is 11.1 Å². The highest BCUT2D eigenvalue weighted by atomic mass is 16.5. The minimum Gasteiger partial charge on any atom is -0.482 e. The van der Waals surface area contributed by atoms with Gasteiger partial charge in [0, 0.05) is 22.5 Å². The van der Waals surface area contributed by atoms with E-state index in [1.165, 1.54) is 72.3 Å². The van der Waals surface area contributed by atoms with Crippen LogP contribution in [0.5, 0.6) is 11.5 Å². The van der Waals surface area contributed by atoms with E-state index >= 15 is 4.79 Å². The topological polar surface area (TPSA) is 42.0 Å². The van der Waals surface area contributed by atoms with Crippen LogP contribution in [0.25, 0.3) is 44.5 Å². The zero-order valence-electron chi connectivity index (χ0n) is 43.3. The van der Waals surface area contributed by atoms with Gasteiger partial charge in [0.15, 0.2) is 5.78 Å². The van der Waals surface area contributed by atoms with Crippen LogP contribution in [0.15, 0.2) is 267 Å². The molecule has 376 valence electrons. The Labute approximate surface area is 464 Å². The van der Waals surface area contributed by atoms with Crippen LogP contribution in [0.2, 0.25) is 0 Å². The number of para-hydroxylation sites is 4. The number of allylic oxidation sites excluding steroid dienone is 4. The number of hydrogen-bond donors (Lipinski definition) is 0. The number of ketones is 1. The quantitative estimate of drug-likeness (QED) is 0.164. The van der Waals surface area contributed by atoms with Crippen molar-refractivity contribution in [1.82, 2.24) is 0 Å². The van der Waals surface area contributed by atoms with E-state index in [9.17, 15) is 0 Å². The van der Waals surface area contributed by atoms with Crippen molar-refractivity contribution in [3.8, 4) is 56.0 Å². The third kappa shape index (κ3) is 5.58. The van der Waals surface area contributed by atoms with E-state index in [4.69, 9.17) is 9.47 Å². The summed E-state index contributed by atoms with van der Waals surface area (Å²) in [5, 5.41) is 0. The third-order valence-electron chi connectivity index (χ3n) is 18.7. The summed E-state index contributed by atoms with van der Waals surface area (Å²) in [6.45, 7) is 0. The Morgan fingerprint density at radius 1 is 0.325 bits per heavy atom. The lowest BCUT2D eigenvalue weighted by Gasteiger charge is -2.43. The minimum atomic E-state index is -0.819. The van der Waals surface area contributed by atoms with Crippen LogP contribution >= 0.6 is 0 Å². The molecule has 5 heteroatoms. The van der Waals surface area contributed by atoms with E-state index in [1.807, 2.05) is 0 Å². The van der Waals surface area contributed by atoms with Gasteiger partial charge in [0.2, 0.25) is 0 Å². The van der Waals surface area contributed by atoms with Crippen LogP contribution in [0.4, 0.5) is 22.7 Å². The molecular formula is C75H48N2O3. The normalized spacial score (nSPS) is 21.1. The van der Waals surface area contributed by atoms with Crippen LogP contribution in [-0.2, 0) is 10.8 Å². The van der Waals surface area contributed by atoms with Crippen molar-refractivity contribution >= 4 is 28.5 Å². The van der Waals surface area contributed by atoms with Crippen molar-refractivity contribution < 1.29 is 14.3 Å². The Morgan fingerprint density at radius 3 is 1.07 bits per heavy atom. The largest absolute Gasteiger partial charge is 0.482 e. The third-order valence-corrected chi connectivity index (χ3v) is 18.7. The van der Waals surface area contributed by atoms with Gasteiger partial charge < -0.3 is 19.3 Å². The number of anilines is 4. The first-order chi connectivity index (χ1) is 39.6. The van der Waals surface area contributed by atoms with Crippen molar-refractivity contribution in [1.29, 1.82) is 0 Å². The predicted molar refractivity (Wildman–Crippen MR) is 319 cm³/mol. The average molecular weight is 1030 g/mol. The highest BCUT2D eigenvalue weighted by Gasteiger charge is 2.54. The van der Waals surface area contributed by atoms with Crippen molar-refractivity contribution in [3.63, 3.8) is 0 Å². The summed E-state index contributed by atoms with van der Waals surface area (Å²) in [6.07, 6.45) is 17.0. The summed E-state index contributed by atoms with van der Waals surface area (Å²) in [5.74, 6) is 1.71. The van der Waals surface area contributed by atoms with E-state index < -0.39 is 10.8 Å². The van der Waals surface area contributed by atoms with Gasteiger partial charge in [-0.2, -0.15) is 0 Å². The average Bonchev–Trinajstić information content (AvgIpc) is 4.21. The molecule has 2 spiro atoms. The molecule has 0 N–H and O–H groups in total. The monoisotopic (exact) mass is 1020 g/mol. The zero-order chi connectivity index (χ0) is 52.4. The molecule has 0 saturated heterocycles. The van der Waals surface area contributed by atoms with Crippen molar-refractivity contribution in [2.24, 2.45) is 0 Å². The van der Waals surface area contributed by atoms with Crippen molar-refractivity contribution in [2.45, 2.75) is 35.1 Å². The standard InChI is InChI=1S/C75H48N2O3/c78-73(45-33-37-53-51-19-3-7-23-59(51)74(61(53)41-45)57-21-5-1-17-49(57)50-18-2-6-22-58(50)74)46-34-38-54-52-20-4-8-24-60(52)75(62(54)42-46)63-43-47(76-65-25-9-13-29-69(65)79-70-30-14-10-26-66(70)76)35-39-55(63)56-40-36-48(44-64(56)75)77-67-27-11-15-31-71(67)80-72-32-16-12-28-68(72)77/h1-44,65,67,69,71H. The summed E-state index contributed by atoms with van der Waals surface area (Å²) in [4.78, 5) is 20.9. The molecule has 2 heterocycles. The predicted octanol–water partition coefficient (Wildman–Crippen LogP) is 16.4. The molecule has 80 heavy (non-hydrogen) atoms. The maximum absolute atomic E-state index is 15.9. The molecule has 18 rings (SSSR count). The first-order valence-electron chi connectivity index (χ1n) is 27.9. The van der Waals surface area contributed by atoms with Gasteiger partial charge in [-0.1, -0.05) is 194 Å². The molecule has 4 unspecified atom stereocenters. The Morgan fingerprint density at radius 2 is 0.650 bits per heavy atom. The number of nitrogens with zero attached hydrogens (tertiary/aromatic N) is 2. The molecule has 10 aromatic carbocycles. The number of rotatable bonds is 4. The second-order valence-electron chi connectivity index (χ2n) is 22.4. The summed E-state index contributed by atoms with van der Waals surface area (Å²) in [6, 6.07) is 79.4. The van der Waals surface area contributed by atoms with E-state index in [-0.39, 0.29) is 30.1 Å². The molecule has 0 amide bonds. The van der Waals surface area contributed by atoms with Crippen molar-refractivity contribution in [3.05, 3.63) is 323 Å². The number of ether oxygens (including phenoxy) is 2. The van der Waals surface area contributed by atoms with Crippen LogP contribution in [0, 0.1) is 0 Å². The van der Waals surface area contributed by atoms with Gasteiger partial charge in [-0.15, -0.1) is 0 Å². The van der Waals surface area contributed by atoms with Gasteiger partial charge in [-0.3, -0.25) is 4.79 Å². The molecule has 6 aliphatic carbocycles. The smallest absolute Gasteiger partial charge is 0.193 e. The SMILES string of the molecule is O=C(c1ccc2c(c1)C1(c3ccccc3-c3ccccc31)c1ccccc1-2)c1ccc2c(c1)C1(c3ccccc3-2)c2cc(N3c4ccccc4OC4C=CC=CC43)ccc2-c2ccc(N3c4ccccc4OC4C=CC=CC43)cc21. The molecule has 8 aliphatic rings. The number of benzene rings is 10. The first-order valence-corrected chi connectivity index (χ1v) is 27.9. The van der Waals surface area contributed by atoms with Gasteiger partial charge in [0.25, 0.3) is 0 Å². The minimum absolute atomic E-state index is 0.00506. The lowest BCUT2D eigenvalue weighted by Crippen LogP contribution is -2.46. The Balaban J connectivity index is 0.859. The molecule has 0 radical (unpaired) electrons. The Kier molecular flexibility index (Phi) is 8.85. The van der Waals surface area contributed by atoms with Gasteiger partial charge in [0.05, 0.1) is 34.3 Å². The fourth-order valence-corrected chi connectivity index (χ4v) is 15.6. The van der Waals surface area contributed by atoms with Gasteiger partial charge in [-0.05, 0) is 162 Å². The molecule has 0 saturated carbocycles. The fraction of sp³-hybridized carbons (Fsp3) is 0.0800.